The van der Waals surface area contributed by atoms with Crippen molar-refractivity contribution in [1.82, 2.24) is 15.3 Å². The van der Waals surface area contributed by atoms with E-state index in [4.69, 9.17) is 18.0 Å². The molecule has 1 aliphatic heterocycles. The van der Waals surface area contributed by atoms with E-state index in [2.05, 4.69) is 17.4 Å². The lowest BCUT2D eigenvalue weighted by Gasteiger charge is -2.33. The molecule has 0 aromatic rings. The van der Waals surface area contributed by atoms with Crippen LogP contribution in [0.25, 0.3) is 0 Å². The summed E-state index contributed by atoms with van der Waals surface area (Å²) < 4.78 is 0. The van der Waals surface area contributed by atoms with Gasteiger partial charge in [0.05, 0.1) is 4.99 Å². The van der Waals surface area contributed by atoms with Crippen molar-refractivity contribution in [2.24, 2.45) is 11.1 Å². The molecule has 0 bridgehead atoms. The van der Waals surface area contributed by atoms with Crippen LogP contribution in [0.15, 0.2) is 0 Å². The SMILES string of the molecule is CN1CCN(NC(=O)C2(C(N)=S)CC2)CC1. The maximum absolute atomic E-state index is 12.0. The van der Waals surface area contributed by atoms with E-state index in [9.17, 15) is 4.79 Å². The van der Waals surface area contributed by atoms with Crippen LogP contribution >= 0.6 is 12.2 Å². The van der Waals surface area contributed by atoms with Crippen molar-refractivity contribution in [2.75, 3.05) is 33.2 Å². The third kappa shape index (κ3) is 2.18. The standard InChI is InChI=1S/C10H18N4OS/c1-13-4-6-14(7-5-13)12-9(15)10(2-3-10)8(11)16/h2-7H2,1H3,(H2,11,16)(H,12,15). The Balaban J connectivity index is 1.86. The van der Waals surface area contributed by atoms with E-state index in [0.717, 1.165) is 39.0 Å². The van der Waals surface area contributed by atoms with Crippen LogP contribution in [0.5, 0.6) is 0 Å². The zero-order valence-electron chi connectivity index (χ0n) is 9.53. The molecule has 0 aromatic heterocycles. The van der Waals surface area contributed by atoms with Crippen molar-refractivity contribution >= 4 is 23.1 Å². The van der Waals surface area contributed by atoms with Gasteiger partial charge < -0.3 is 10.6 Å². The molecule has 0 radical (unpaired) electrons. The highest BCUT2D eigenvalue weighted by Gasteiger charge is 2.53. The minimum absolute atomic E-state index is 0.0236. The first kappa shape index (κ1) is 11.8. The lowest BCUT2D eigenvalue weighted by atomic mass is 10.1. The van der Waals surface area contributed by atoms with E-state index in [1.807, 2.05) is 5.01 Å². The van der Waals surface area contributed by atoms with Crippen LogP contribution in [-0.2, 0) is 4.79 Å². The number of amides is 1. The van der Waals surface area contributed by atoms with Gasteiger partial charge in [-0.3, -0.25) is 10.2 Å². The molecule has 2 aliphatic rings. The minimum atomic E-state index is -0.543. The molecule has 6 heteroatoms. The van der Waals surface area contributed by atoms with E-state index in [0.29, 0.717) is 4.99 Å². The Kier molecular flexibility index (Phi) is 3.14. The van der Waals surface area contributed by atoms with Crippen LogP contribution < -0.4 is 11.2 Å². The van der Waals surface area contributed by atoms with Crippen LogP contribution in [0.3, 0.4) is 0 Å². The number of hydrogen-bond donors (Lipinski definition) is 2. The van der Waals surface area contributed by atoms with Gasteiger partial charge in [-0.1, -0.05) is 12.2 Å². The molecule has 16 heavy (non-hydrogen) atoms. The molecule has 1 aliphatic carbocycles. The molecule has 3 N–H and O–H groups in total. The van der Waals surface area contributed by atoms with Crippen molar-refractivity contribution in [2.45, 2.75) is 12.8 Å². The Morgan fingerprint density at radius 1 is 1.31 bits per heavy atom. The number of piperazine rings is 1. The summed E-state index contributed by atoms with van der Waals surface area (Å²) in [5.41, 5.74) is 7.99. The monoisotopic (exact) mass is 242 g/mol. The van der Waals surface area contributed by atoms with Crippen molar-refractivity contribution < 1.29 is 4.79 Å². The van der Waals surface area contributed by atoms with E-state index in [1.54, 1.807) is 0 Å². The molecule has 5 nitrogen and oxygen atoms in total. The van der Waals surface area contributed by atoms with Gasteiger partial charge >= 0.3 is 0 Å². The zero-order chi connectivity index (χ0) is 11.8. The highest BCUT2D eigenvalue weighted by molar-refractivity contribution is 7.80. The van der Waals surface area contributed by atoms with Gasteiger partial charge in [0.25, 0.3) is 0 Å². The summed E-state index contributed by atoms with van der Waals surface area (Å²) in [5, 5.41) is 1.96. The number of carbonyl (C=O) groups excluding carboxylic acids is 1. The summed E-state index contributed by atoms with van der Waals surface area (Å²) in [7, 11) is 2.08. The number of likely N-dealkylation sites (N-methyl/N-ethyl adjacent to an activating group) is 1. The van der Waals surface area contributed by atoms with Crippen molar-refractivity contribution in [3.05, 3.63) is 0 Å². The van der Waals surface area contributed by atoms with Crippen LogP contribution in [0.4, 0.5) is 0 Å². The number of thiocarbonyl (C=S) groups is 1. The average Bonchev–Trinajstić information content (AvgIpc) is 3.02. The van der Waals surface area contributed by atoms with E-state index in [-0.39, 0.29) is 5.91 Å². The fourth-order valence-electron chi connectivity index (χ4n) is 1.88. The fraction of sp³-hybridized carbons (Fsp3) is 0.800. The number of nitrogens with zero attached hydrogens (tertiary/aromatic N) is 2. The summed E-state index contributed by atoms with van der Waals surface area (Å²) in [5.74, 6) is -0.0236. The van der Waals surface area contributed by atoms with Gasteiger partial charge in [0, 0.05) is 26.2 Å². The number of nitrogens with one attached hydrogen (secondary N) is 1. The summed E-state index contributed by atoms with van der Waals surface area (Å²) in [4.78, 5) is 14.6. The molecule has 1 saturated heterocycles. The molecule has 2 fully saturated rings. The van der Waals surface area contributed by atoms with Crippen molar-refractivity contribution in [1.29, 1.82) is 0 Å². The minimum Gasteiger partial charge on any atom is -0.392 e. The third-order valence-electron chi connectivity index (χ3n) is 3.42. The molecule has 0 atom stereocenters. The molecular formula is C10H18N4OS. The summed E-state index contributed by atoms with van der Waals surface area (Å²) >= 11 is 4.95. The van der Waals surface area contributed by atoms with Crippen molar-refractivity contribution in [3.63, 3.8) is 0 Å². The second kappa shape index (κ2) is 4.27. The van der Waals surface area contributed by atoms with Gasteiger partial charge in [0.2, 0.25) is 5.91 Å². The van der Waals surface area contributed by atoms with Gasteiger partial charge in [0.1, 0.15) is 5.41 Å². The molecule has 0 spiro atoms. The summed E-state index contributed by atoms with van der Waals surface area (Å²) in [6, 6.07) is 0. The smallest absolute Gasteiger partial charge is 0.247 e. The quantitative estimate of drug-likeness (QED) is 0.643. The second-order valence-corrected chi connectivity index (χ2v) is 5.12. The van der Waals surface area contributed by atoms with Crippen LogP contribution in [0.2, 0.25) is 0 Å². The van der Waals surface area contributed by atoms with Gasteiger partial charge in [0.15, 0.2) is 0 Å². The molecule has 1 amide bonds. The molecule has 90 valence electrons. The highest BCUT2D eigenvalue weighted by Crippen LogP contribution is 2.46. The maximum Gasteiger partial charge on any atom is 0.247 e. The van der Waals surface area contributed by atoms with E-state index >= 15 is 0 Å². The maximum atomic E-state index is 12.0. The number of rotatable bonds is 3. The topological polar surface area (TPSA) is 61.6 Å². The first-order valence-electron chi connectivity index (χ1n) is 5.59. The largest absolute Gasteiger partial charge is 0.392 e. The third-order valence-corrected chi connectivity index (χ3v) is 3.81. The van der Waals surface area contributed by atoms with E-state index in [1.165, 1.54) is 0 Å². The van der Waals surface area contributed by atoms with Crippen molar-refractivity contribution in [3.8, 4) is 0 Å². The molecule has 0 aromatic carbocycles. The second-order valence-electron chi connectivity index (χ2n) is 4.68. The van der Waals surface area contributed by atoms with Gasteiger partial charge in [-0.05, 0) is 19.9 Å². The Morgan fingerprint density at radius 2 is 1.88 bits per heavy atom. The Hall–Kier alpha value is -0.720. The number of carbonyl (C=O) groups is 1. The van der Waals surface area contributed by atoms with Crippen LogP contribution in [0, 0.1) is 5.41 Å². The van der Waals surface area contributed by atoms with E-state index < -0.39 is 5.41 Å². The summed E-state index contributed by atoms with van der Waals surface area (Å²) in [6.45, 7) is 3.66. The van der Waals surface area contributed by atoms with Crippen LogP contribution in [0.1, 0.15) is 12.8 Å². The molecule has 1 saturated carbocycles. The Labute approximate surface area is 101 Å². The van der Waals surface area contributed by atoms with Gasteiger partial charge in [-0.15, -0.1) is 0 Å². The predicted octanol–water partition coefficient (Wildman–Crippen LogP) is -0.669. The lowest BCUT2D eigenvalue weighted by Crippen LogP contribution is -2.55. The molecular weight excluding hydrogens is 224 g/mol. The van der Waals surface area contributed by atoms with Gasteiger partial charge in [-0.25, -0.2) is 5.01 Å². The molecule has 2 rings (SSSR count). The Morgan fingerprint density at radius 3 is 2.31 bits per heavy atom. The predicted molar refractivity (Wildman–Crippen MR) is 65.7 cm³/mol. The number of hydrazine groups is 1. The average molecular weight is 242 g/mol. The summed E-state index contributed by atoms with van der Waals surface area (Å²) in [6.07, 6.45) is 1.59. The fourth-order valence-corrected chi connectivity index (χ4v) is 2.18. The molecule has 0 unspecified atom stereocenters. The zero-order valence-corrected chi connectivity index (χ0v) is 10.3. The highest BCUT2D eigenvalue weighted by atomic mass is 32.1. The first-order valence-corrected chi connectivity index (χ1v) is 6.00. The first-order chi connectivity index (χ1) is 7.54. The number of nitrogens with two attached hydrogens (primary N) is 1. The van der Waals surface area contributed by atoms with Crippen LogP contribution in [-0.4, -0.2) is 54.0 Å². The lowest BCUT2D eigenvalue weighted by molar-refractivity contribution is -0.129. The van der Waals surface area contributed by atoms with Gasteiger partial charge in [-0.2, -0.15) is 0 Å². The Bertz CT molecular complexity index is 308. The number of hydrogen-bond acceptors (Lipinski definition) is 4. The normalized spacial score (nSPS) is 25.1. The molecule has 1 heterocycles.